The Bertz CT molecular complexity index is 1510. The molecule has 0 aliphatic heterocycles. The van der Waals surface area contributed by atoms with E-state index in [9.17, 15) is 22.4 Å². The molecular weight excluding hydrogens is 455 g/mol. The summed E-state index contributed by atoms with van der Waals surface area (Å²) in [7, 11) is -2.35. The van der Waals surface area contributed by atoms with Crippen molar-refractivity contribution in [3.05, 3.63) is 81.5 Å². The second-order valence-corrected chi connectivity index (χ2v) is 9.67. The van der Waals surface area contributed by atoms with Crippen LogP contribution in [0, 0.1) is 12.7 Å². The Morgan fingerprint density at radius 3 is 2.53 bits per heavy atom. The molecule has 32 heavy (non-hydrogen) atoms. The van der Waals surface area contributed by atoms with Crippen LogP contribution in [-0.2, 0) is 17.1 Å². The Morgan fingerprint density at radius 2 is 1.84 bits per heavy atom. The molecule has 1 amide bonds. The summed E-state index contributed by atoms with van der Waals surface area (Å²) < 4.78 is 42.0. The molecule has 0 fully saturated rings. The highest BCUT2D eigenvalue weighted by Crippen LogP contribution is 2.28. The van der Waals surface area contributed by atoms with E-state index < -0.39 is 21.7 Å². The lowest BCUT2D eigenvalue weighted by Gasteiger charge is -2.09. The van der Waals surface area contributed by atoms with Crippen molar-refractivity contribution in [3.63, 3.8) is 0 Å². The minimum absolute atomic E-state index is 0.0505. The molecule has 2 heterocycles. The molecule has 0 saturated carbocycles. The van der Waals surface area contributed by atoms with Gasteiger partial charge in [-0.2, -0.15) is 0 Å². The smallest absolute Gasteiger partial charge is 0.266 e. The van der Waals surface area contributed by atoms with Gasteiger partial charge in [0.05, 0.1) is 27.2 Å². The zero-order valence-corrected chi connectivity index (χ0v) is 18.6. The number of rotatable bonds is 5. The van der Waals surface area contributed by atoms with Crippen LogP contribution < -0.4 is 15.6 Å². The van der Waals surface area contributed by atoms with Crippen LogP contribution in [0.5, 0.6) is 0 Å². The number of hydrogen-bond donors (Lipinski definition) is 2. The van der Waals surface area contributed by atoms with Gasteiger partial charge in [-0.05, 0) is 55.0 Å². The molecule has 4 aromatic rings. The van der Waals surface area contributed by atoms with E-state index in [4.69, 9.17) is 0 Å². The molecule has 11 heteroatoms. The first-order valence-electron chi connectivity index (χ1n) is 9.30. The second-order valence-electron chi connectivity index (χ2n) is 6.99. The normalized spacial score (nSPS) is 11.5. The largest absolute Gasteiger partial charge is 0.321 e. The van der Waals surface area contributed by atoms with Crippen molar-refractivity contribution in [2.45, 2.75) is 11.8 Å². The number of carbonyl (C=O) groups is 1. The maximum atomic E-state index is 13.3. The Kier molecular flexibility index (Phi) is 5.53. The number of hydrogen-bond acceptors (Lipinski definition) is 6. The first-order chi connectivity index (χ1) is 15.2. The first kappa shape index (κ1) is 21.7. The minimum Gasteiger partial charge on any atom is -0.321 e. The Morgan fingerprint density at radius 1 is 1.12 bits per heavy atom. The lowest BCUT2D eigenvalue weighted by atomic mass is 10.2. The van der Waals surface area contributed by atoms with E-state index in [1.54, 1.807) is 14.0 Å². The second kappa shape index (κ2) is 8.17. The summed E-state index contributed by atoms with van der Waals surface area (Å²) in [6, 6.07) is 10.6. The van der Waals surface area contributed by atoms with E-state index in [1.165, 1.54) is 53.4 Å². The number of aryl methyl sites for hydroxylation is 2. The van der Waals surface area contributed by atoms with E-state index in [1.807, 2.05) is 0 Å². The highest BCUT2D eigenvalue weighted by molar-refractivity contribution is 7.92. The van der Waals surface area contributed by atoms with E-state index in [2.05, 4.69) is 15.0 Å². The zero-order chi connectivity index (χ0) is 23.0. The number of thiophene rings is 1. The van der Waals surface area contributed by atoms with Crippen LogP contribution in [-0.4, -0.2) is 23.9 Å². The number of halogens is 1. The van der Waals surface area contributed by atoms with Gasteiger partial charge in [0, 0.05) is 12.7 Å². The van der Waals surface area contributed by atoms with Crippen molar-refractivity contribution in [3.8, 4) is 0 Å². The van der Waals surface area contributed by atoms with E-state index in [0.29, 0.717) is 26.3 Å². The number of sulfonamides is 1. The SMILES string of the molecule is Cc1c(C(=O)Nc2ccc(S(=O)(=O)Nc3cccc(F)c3)cc2)sc2ncn(C)c(=O)c12. The summed E-state index contributed by atoms with van der Waals surface area (Å²) in [6.07, 6.45) is 1.40. The van der Waals surface area contributed by atoms with Crippen molar-refractivity contribution in [1.29, 1.82) is 0 Å². The number of nitrogens with one attached hydrogen (secondary N) is 2. The van der Waals surface area contributed by atoms with Crippen molar-refractivity contribution < 1.29 is 17.6 Å². The molecule has 2 aromatic carbocycles. The number of fused-ring (bicyclic) bond motifs is 1. The van der Waals surface area contributed by atoms with Gasteiger partial charge in [0.25, 0.3) is 21.5 Å². The molecule has 0 bridgehead atoms. The zero-order valence-electron chi connectivity index (χ0n) is 16.9. The Labute approximate surface area is 186 Å². The van der Waals surface area contributed by atoms with Crippen molar-refractivity contribution in [2.24, 2.45) is 7.05 Å². The van der Waals surface area contributed by atoms with Gasteiger partial charge in [0.15, 0.2) is 0 Å². The Balaban J connectivity index is 1.54. The van der Waals surface area contributed by atoms with Crippen molar-refractivity contribution >= 4 is 48.9 Å². The minimum atomic E-state index is -3.93. The fraction of sp³-hybridized carbons (Fsp3) is 0.0952. The summed E-state index contributed by atoms with van der Waals surface area (Å²) in [5, 5.41) is 3.10. The highest BCUT2D eigenvalue weighted by atomic mass is 32.2. The molecule has 2 N–H and O–H groups in total. The average molecular weight is 473 g/mol. The molecule has 0 unspecified atom stereocenters. The van der Waals surface area contributed by atoms with Crippen LogP contribution in [0.1, 0.15) is 15.2 Å². The molecular formula is C21H17FN4O4S2. The summed E-state index contributed by atoms with van der Waals surface area (Å²) >= 11 is 1.11. The van der Waals surface area contributed by atoms with Gasteiger partial charge in [-0.25, -0.2) is 17.8 Å². The Hall–Kier alpha value is -3.57. The molecule has 164 valence electrons. The predicted molar refractivity (Wildman–Crippen MR) is 121 cm³/mol. The number of anilines is 2. The average Bonchev–Trinajstić information content (AvgIpc) is 3.08. The topological polar surface area (TPSA) is 110 Å². The molecule has 0 atom stereocenters. The van der Waals surface area contributed by atoms with Crippen LogP contribution in [0.4, 0.5) is 15.8 Å². The van der Waals surface area contributed by atoms with Crippen LogP contribution in [0.25, 0.3) is 10.2 Å². The molecule has 0 spiro atoms. The lowest BCUT2D eigenvalue weighted by Crippen LogP contribution is -2.17. The predicted octanol–water partition coefficient (Wildman–Crippen LogP) is 3.50. The van der Waals surface area contributed by atoms with E-state index in [0.717, 1.165) is 17.4 Å². The third-order valence-electron chi connectivity index (χ3n) is 4.72. The van der Waals surface area contributed by atoms with Gasteiger partial charge in [0.2, 0.25) is 0 Å². The number of aromatic nitrogens is 2. The van der Waals surface area contributed by atoms with Crippen molar-refractivity contribution in [1.82, 2.24) is 9.55 Å². The maximum absolute atomic E-state index is 13.3. The summed E-state index contributed by atoms with van der Waals surface area (Å²) in [5.74, 6) is -0.992. The third kappa shape index (κ3) is 4.12. The third-order valence-corrected chi connectivity index (χ3v) is 7.31. The fourth-order valence-electron chi connectivity index (χ4n) is 3.10. The molecule has 0 saturated heterocycles. The monoisotopic (exact) mass is 472 g/mol. The first-order valence-corrected chi connectivity index (χ1v) is 11.6. The van der Waals surface area contributed by atoms with Crippen LogP contribution in [0.3, 0.4) is 0 Å². The highest BCUT2D eigenvalue weighted by Gasteiger charge is 2.20. The van der Waals surface area contributed by atoms with E-state index in [-0.39, 0.29) is 16.1 Å². The standard InChI is InChI=1S/C21H17FN4O4S2/c1-12-17-20(23-11-26(2)21(17)28)31-18(12)19(27)24-14-6-8-16(9-7-14)32(29,30)25-15-5-3-4-13(22)10-15/h3-11,25H,1-2H3,(H,24,27). The molecule has 4 rings (SSSR count). The summed E-state index contributed by atoms with van der Waals surface area (Å²) in [4.78, 5) is 30.1. The van der Waals surface area contributed by atoms with E-state index >= 15 is 0 Å². The fourth-order valence-corrected chi connectivity index (χ4v) is 5.18. The van der Waals surface area contributed by atoms with Crippen LogP contribution in [0.2, 0.25) is 0 Å². The van der Waals surface area contributed by atoms with Gasteiger partial charge in [-0.3, -0.25) is 14.3 Å². The molecule has 2 aromatic heterocycles. The molecule has 0 aliphatic rings. The number of carbonyl (C=O) groups excluding carboxylic acids is 1. The maximum Gasteiger partial charge on any atom is 0.266 e. The summed E-state index contributed by atoms with van der Waals surface area (Å²) in [5.41, 5.74) is 0.776. The van der Waals surface area contributed by atoms with Crippen LogP contribution in [0.15, 0.2) is 64.5 Å². The van der Waals surface area contributed by atoms with Gasteiger partial charge in [-0.15, -0.1) is 11.3 Å². The van der Waals surface area contributed by atoms with Gasteiger partial charge in [0.1, 0.15) is 10.6 Å². The lowest BCUT2D eigenvalue weighted by molar-refractivity contribution is 0.103. The van der Waals surface area contributed by atoms with Gasteiger partial charge in [-0.1, -0.05) is 6.07 Å². The van der Waals surface area contributed by atoms with Crippen LogP contribution >= 0.6 is 11.3 Å². The van der Waals surface area contributed by atoms with Gasteiger partial charge >= 0.3 is 0 Å². The van der Waals surface area contributed by atoms with Gasteiger partial charge < -0.3 is 9.88 Å². The molecule has 8 nitrogen and oxygen atoms in total. The molecule has 0 aliphatic carbocycles. The number of nitrogens with zero attached hydrogens (tertiary/aromatic N) is 2. The number of amides is 1. The number of benzene rings is 2. The summed E-state index contributed by atoms with van der Waals surface area (Å²) in [6.45, 7) is 1.69. The molecule has 0 radical (unpaired) electrons. The quantitative estimate of drug-likeness (QED) is 0.462. The van der Waals surface area contributed by atoms with Crippen molar-refractivity contribution in [2.75, 3.05) is 10.0 Å².